The van der Waals surface area contributed by atoms with E-state index in [1.165, 1.54) is 38.5 Å². The summed E-state index contributed by atoms with van der Waals surface area (Å²) in [5, 5.41) is 3.60. The Bertz CT molecular complexity index is 348. The summed E-state index contributed by atoms with van der Waals surface area (Å²) in [6, 6.07) is 6.63. The van der Waals surface area contributed by atoms with Crippen LogP contribution < -0.4 is 5.32 Å². The molecule has 1 saturated carbocycles. The smallest absolute Gasteiger partial charge is 0.127 e. The zero-order valence-corrected chi connectivity index (χ0v) is 12.0. The van der Waals surface area contributed by atoms with Crippen molar-refractivity contribution in [2.45, 2.75) is 51.5 Å². The molecule has 1 fully saturated rings. The molecular formula is C14H21BrN2. The normalized spacial score (nSPS) is 18.9. The lowest BCUT2D eigenvalue weighted by molar-refractivity contribution is 0.312. The van der Waals surface area contributed by atoms with E-state index in [0.29, 0.717) is 6.04 Å². The third kappa shape index (κ3) is 3.70. The predicted molar refractivity (Wildman–Crippen MR) is 76.2 cm³/mol. The van der Waals surface area contributed by atoms with E-state index in [1.807, 2.05) is 12.1 Å². The molecule has 1 unspecified atom stereocenters. The molecule has 1 aliphatic carbocycles. The molecule has 94 valence electrons. The second kappa shape index (κ2) is 6.39. The minimum atomic E-state index is 0.581. The van der Waals surface area contributed by atoms with Crippen molar-refractivity contribution in [2.75, 3.05) is 5.32 Å². The number of halogens is 1. The van der Waals surface area contributed by atoms with E-state index in [4.69, 9.17) is 0 Å². The van der Waals surface area contributed by atoms with Crippen molar-refractivity contribution in [1.82, 2.24) is 4.98 Å². The zero-order chi connectivity index (χ0) is 12.1. The molecule has 0 saturated heterocycles. The molecule has 1 aromatic heterocycles. The van der Waals surface area contributed by atoms with Crippen molar-refractivity contribution in [1.29, 1.82) is 0 Å². The van der Waals surface area contributed by atoms with Crippen LogP contribution in [0.4, 0.5) is 5.82 Å². The summed E-state index contributed by atoms with van der Waals surface area (Å²) in [5.74, 6) is 1.83. The number of nitrogens with zero attached hydrogens (tertiary/aromatic N) is 1. The Morgan fingerprint density at radius 1 is 1.35 bits per heavy atom. The molecule has 3 heteroatoms. The largest absolute Gasteiger partial charge is 0.367 e. The fourth-order valence-electron chi connectivity index (χ4n) is 2.77. The molecule has 1 aromatic rings. The Hall–Kier alpha value is -0.570. The third-order valence-electron chi connectivity index (χ3n) is 3.71. The maximum absolute atomic E-state index is 4.46. The molecule has 1 aliphatic rings. The highest BCUT2D eigenvalue weighted by atomic mass is 79.9. The second-order valence-corrected chi connectivity index (χ2v) is 5.72. The zero-order valence-electron chi connectivity index (χ0n) is 10.5. The summed E-state index contributed by atoms with van der Waals surface area (Å²) in [6.07, 6.45) is 8.14. The summed E-state index contributed by atoms with van der Waals surface area (Å²) in [6.45, 7) is 2.27. The summed E-state index contributed by atoms with van der Waals surface area (Å²) < 4.78 is 0.904. The number of anilines is 1. The molecular weight excluding hydrogens is 276 g/mol. The molecule has 0 amide bonds. The third-order valence-corrected chi connectivity index (χ3v) is 4.15. The lowest BCUT2D eigenvalue weighted by atomic mass is 9.83. The van der Waals surface area contributed by atoms with Crippen LogP contribution in [0.15, 0.2) is 22.8 Å². The van der Waals surface area contributed by atoms with Gasteiger partial charge < -0.3 is 5.32 Å². The molecule has 1 atom stereocenters. The van der Waals surface area contributed by atoms with Crippen molar-refractivity contribution in [3.63, 3.8) is 0 Å². The molecule has 17 heavy (non-hydrogen) atoms. The van der Waals surface area contributed by atoms with Crippen LogP contribution in [-0.2, 0) is 0 Å². The highest BCUT2D eigenvalue weighted by Crippen LogP contribution is 2.29. The van der Waals surface area contributed by atoms with Crippen molar-refractivity contribution in [2.24, 2.45) is 5.92 Å². The summed E-state index contributed by atoms with van der Waals surface area (Å²) in [4.78, 5) is 4.46. The average molecular weight is 297 g/mol. The van der Waals surface area contributed by atoms with Crippen LogP contribution in [0, 0.1) is 5.92 Å². The fraction of sp³-hybridized carbons (Fsp3) is 0.643. The molecule has 0 bridgehead atoms. The molecule has 1 N–H and O–H groups in total. The monoisotopic (exact) mass is 296 g/mol. The van der Waals surface area contributed by atoms with E-state index in [1.54, 1.807) is 0 Å². The molecule has 0 aliphatic heterocycles. The van der Waals surface area contributed by atoms with Crippen LogP contribution in [0.1, 0.15) is 45.4 Å². The molecule has 0 aromatic carbocycles. The lowest BCUT2D eigenvalue weighted by Crippen LogP contribution is -2.30. The summed E-state index contributed by atoms with van der Waals surface area (Å²) >= 11 is 3.42. The van der Waals surface area contributed by atoms with Gasteiger partial charge in [-0.15, -0.1) is 0 Å². The number of hydrogen-bond acceptors (Lipinski definition) is 2. The SMILES string of the molecule is CCC(Nc1cccc(Br)n1)C1CCCCC1. The molecule has 2 nitrogen and oxygen atoms in total. The maximum Gasteiger partial charge on any atom is 0.127 e. The van der Waals surface area contributed by atoms with E-state index in [9.17, 15) is 0 Å². The van der Waals surface area contributed by atoms with E-state index in [-0.39, 0.29) is 0 Å². The van der Waals surface area contributed by atoms with Gasteiger partial charge in [0.2, 0.25) is 0 Å². The van der Waals surface area contributed by atoms with E-state index in [2.05, 4.69) is 39.2 Å². The van der Waals surface area contributed by atoms with Crippen LogP contribution in [-0.4, -0.2) is 11.0 Å². The first-order valence-electron chi connectivity index (χ1n) is 6.68. The van der Waals surface area contributed by atoms with Gasteiger partial charge in [0.05, 0.1) is 0 Å². The Kier molecular flexibility index (Phi) is 4.84. The van der Waals surface area contributed by atoms with Crippen molar-refractivity contribution in [3.05, 3.63) is 22.8 Å². The fourth-order valence-corrected chi connectivity index (χ4v) is 3.11. The Labute approximate surface area is 112 Å². The van der Waals surface area contributed by atoms with Gasteiger partial charge in [-0.25, -0.2) is 4.98 Å². The maximum atomic E-state index is 4.46. The van der Waals surface area contributed by atoms with Crippen LogP contribution in [0.5, 0.6) is 0 Å². The summed E-state index contributed by atoms with van der Waals surface area (Å²) in [7, 11) is 0. The Morgan fingerprint density at radius 2 is 2.12 bits per heavy atom. The van der Waals surface area contributed by atoms with Crippen molar-refractivity contribution >= 4 is 21.7 Å². The average Bonchev–Trinajstić information content (AvgIpc) is 2.37. The minimum Gasteiger partial charge on any atom is -0.367 e. The van der Waals surface area contributed by atoms with Crippen LogP contribution >= 0.6 is 15.9 Å². The predicted octanol–water partition coefficient (Wildman–Crippen LogP) is 4.61. The highest BCUT2D eigenvalue weighted by molar-refractivity contribution is 9.10. The van der Waals surface area contributed by atoms with Gasteiger partial charge >= 0.3 is 0 Å². The van der Waals surface area contributed by atoms with Gasteiger partial charge in [-0.3, -0.25) is 0 Å². The van der Waals surface area contributed by atoms with Gasteiger partial charge in [0.25, 0.3) is 0 Å². The molecule has 1 heterocycles. The Balaban J connectivity index is 1.98. The number of rotatable bonds is 4. The summed E-state index contributed by atoms with van der Waals surface area (Å²) in [5.41, 5.74) is 0. The first-order chi connectivity index (χ1) is 8.29. The molecule has 0 radical (unpaired) electrons. The van der Waals surface area contributed by atoms with Gasteiger partial charge in [-0.1, -0.05) is 32.3 Å². The highest BCUT2D eigenvalue weighted by Gasteiger charge is 2.22. The van der Waals surface area contributed by atoms with Gasteiger partial charge in [0.1, 0.15) is 10.4 Å². The van der Waals surface area contributed by atoms with Crippen LogP contribution in [0.25, 0.3) is 0 Å². The van der Waals surface area contributed by atoms with Gasteiger partial charge in [0.15, 0.2) is 0 Å². The first kappa shape index (κ1) is 12.9. The second-order valence-electron chi connectivity index (χ2n) is 4.90. The van der Waals surface area contributed by atoms with Gasteiger partial charge in [-0.05, 0) is 53.2 Å². The number of pyridine rings is 1. The number of nitrogens with one attached hydrogen (secondary N) is 1. The van der Waals surface area contributed by atoms with E-state index in [0.717, 1.165) is 16.3 Å². The van der Waals surface area contributed by atoms with E-state index >= 15 is 0 Å². The number of aromatic nitrogens is 1. The van der Waals surface area contributed by atoms with Gasteiger partial charge in [0, 0.05) is 6.04 Å². The van der Waals surface area contributed by atoms with Crippen molar-refractivity contribution < 1.29 is 0 Å². The van der Waals surface area contributed by atoms with E-state index < -0.39 is 0 Å². The van der Waals surface area contributed by atoms with Crippen LogP contribution in [0.3, 0.4) is 0 Å². The standard InChI is InChI=1S/C14H21BrN2/c1-2-12(11-7-4-3-5-8-11)16-14-10-6-9-13(15)17-14/h6,9-12H,2-5,7-8H2,1H3,(H,16,17). The van der Waals surface area contributed by atoms with Crippen molar-refractivity contribution in [3.8, 4) is 0 Å². The quantitative estimate of drug-likeness (QED) is 0.821. The molecule has 0 spiro atoms. The molecule has 2 rings (SSSR count). The lowest BCUT2D eigenvalue weighted by Gasteiger charge is -2.30. The number of hydrogen-bond donors (Lipinski definition) is 1. The first-order valence-corrected chi connectivity index (χ1v) is 7.48. The topological polar surface area (TPSA) is 24.9 Å². The Morgan fingerprint density at radius 3 is 2.76 bits per heavy atom. The minimum absolute atomic E-state index is 0.581. The van der Waals surface area contributed by atoms with Crippen LogP contribution in [0.2, 0.25) is 0 Å². The van der Waals surface area contributed by atoms with Gasteiger partial charge in [-0.2, -0.15) is 0 Å².